The van der Waals surface area contributed by atoms with Crippen molar-refractivity contribution in [2.24, 2.45) is 0 Å². The number of aromatic hydroxyl groups is 2. The summed E-state index contributed by atoms with van der Waals surface area (Å²) in [5.41, 5.74) is 5.95. The highest BCUT2D eigenvalue weighted by atomic mass is 16.6. The molecule has 2 aromatic carbocycles. The first-order valence-corrected chi connectivity index (χ1v) is 6.28. The van der Waals surface area contributed by atoms with E-state index in [0.29, 0.717) is 5.56 Å². The molecule has 0 spiro atoms. The number of hydrogen-bond donors (Lipinski definition) is 3. The Morgan fingerprint density at radius 3 is 2.41 bits per heavy atom. The molecule has 0 amide bonds. The average molecular weight is 299 g/mol. The van der Waals surface area contributed by atoms with E-state index >= 15 is 0 Å². The Balaban J connectivity index is 2.04. The average Bonchev–Trinajstić information content (AvgIpc) is 2.49. The van der Waals surface area contributed by atoms with E-state index in [-0.39, 0.29) is 22.7 Å². The van der Waals surface area contributed by atoms with E-state index in [1.54, 1.807) is 12.1 Å². The zero-order valence-electron chi connectivity index (χ0n) is 11.4. The smallest absolute Gasteiger partial charge is 0.348 e. The predicted molar refractivity (Wildman–Crippen MR) is 80.1 cm³/mol. The molecule has 0 aliphatic rings. The first-order chi connectivity index (χ1) is 10.5. The van der Waals surface area contributed by atoms with Gasteiger partial charge in [0.05, 0.1) is 11.3 Å². The molecule has 0 heterocycles. The van der Waals surface area contributed by atoms with Crippen LogP contribution in [0.2, 0.25) is 0 Å². The van der Waals surface area contributed by atoms with Crippen LogP contribution < -0.4 is 5.73 Å². The van der Waals surface area contributed by atoms with Crippen LogP contribution in [0.1, 0.15) is 15.9 Å². The van der Waals surface area contributed by atoms with E-state index < -0.39 is 11.9 Å². The number of hydrogen-bond acceptors (Lipinski definition) is 6. The fourth-order valence-electron chi connectivity index (χ4n) is 1.66. The van der Waals surface area contributed by atoms with Crippen LogP contribution in [0.5, 0.6) is 11.5 Å². The normalized spacial score (nSPS) is 10.5. The van der Waals surface area contributed by atoms with E-state index in [1.807, 2.05) is 0 Å². The summed E-state index contributed by atoms with van der Waals surface area (Å²) in [4.78, 5) is 23.4. The van der Waals surface area contributed by atoms with Gasteiger partial charge in [-0.05, 0) is 35.9 Å². The molecule has 0 saturated carbocycles. The van der Waals surface area contributed by atoms with Crippen LogP contribution >= 0.6 is 0 Å². The molecular weight excluding hydrogens is 286 g/mol. The number of phenols is 2. The van der Waals surface area contributed by atoms with E-state index in [0.717, 1.165) is 6.08 Å². The number of carbonyl (C=O) groups excluding carboxylic acids is 2. The molecule has 22 heavy (non-hydrogen) atoms. The molecule has 0 radical (unpaired) electrons. The minimum atomic E-state index is -0.950. The first kappa shape index (κ1) is 15.1. The summed E-state index contributed by atoms with van der Waals surface area (Å²) in [6.07, 6.45) is 2.50. The fourth-order valence-corrected chi connectivity index (χ4v) is 1.66. The monoisotopic (exact) mass is 299 g/mol. The highest BCUT2D eigenvalue weighted by Gasteiger charge is 2.16. The van der Waals surface area contributed by atoms with E-state index in [9.17, 15) is 14.7 Å². The van der Waals surface area contributed by atoms with Gasteiger partial charge in [-0.2, -0.15) is 0 Å². The minimum Gasteiger partial charge on any atom is -0.508 e. The zero-order chi connectivity index (χ0) is 16.1. The number of nitrogens with two attached hydrogens (primary N) is 1. The molecule has 0 saturated heterocycles. The maximum Gasteiger partial charge on any atom is 0.348 e. The van der Waals surface area contributed by atoms with Gasteiger partial charge in [-0.1, -0.05) is 18.2 Å². The van der Waals surface area contributed by atoms with Gasteiger partial charge in [-0.15, -0.1) is 0 Å². The van der Waals surface area contributed by atoms with Crippen molar-refractivity contribution in [1.29, 1.82) is 0 Å². The molecule has 0 fully saturated rings. The topological polar surface area (TPSA) is 110 Å². The summed E-state index contributed by atoms with van der Waals surface area (Å²) in [7, 11) is 0. The number of benzene rings is 2. The Bertz CT molecular complexity index is 735. The number of rotatable bonds is 3. The highest BCUT2D eigenvalue weighted by molar-refractivity contribution is 6.04. The molecule has 0 bridgehead atoms. The molecule has 0 unspecified atom stereocenters. The molecule has 2 rings (SSSR count). The highest BCUT2D eigenvalue weighted by Crippen LogP contribution is 2.24. The van der Waals surface area contributed by atoms with Gasteiger partial charge in [-0.25, -0.2) is 9.59 Å². The second-order valence-corrected chi connectivity index (χ2v) is 4.37. The molecule has 0 atom stereocenters. The summed E-state index contributed by atoms with van der Waals surface area (Å²) in [5.74, 6) is -1.98. The number of nitrogen functional groups attached to an aromatic ring is 1. The Morgan fingerprint density at radius 2 is 1.73 bits per heavy atom. The largest absolute Gasteiger partial charge is 0.508 e. The molecule has 4 N–H and O–H groups in total. The Labute approximate surface area is 126 Å². The number of carbonyl (C=O) groups is 2. The first-order valence-electron chi connectivity index (χ1n) is 6.28. The number of para-hydroxylation sites is 1. The van der Waals surface area contributed by atoms with Crippen LogP contribution in [0, 0.1) is 0 Å². The Kier molecular flexibility index (Phi) is 4.43. The van der Waals surface area contributed by atoms with Crippen LogP contribution in [0.25, 0.3) is 6.08 Å². The zero-order valence-corrected chi connectivity index (χ0v) is 11.4. The molecule has 0 aliphatic carbocycles. The van der Waals surface area contributed by atoms with Crippen molar-refractivity contribution in [2.45, 2.75) is 0 Å². The molecule has 112 valence electrons. The van der Waals surface area contributed by atoms with Crippen LogP contribution in [0.4, 0.5) is 5.69 Å². The van der Waals surface area contributed by atoms with Crippen molar-refractivity contribution in [1.82, 2.24) is 0 Å². The van der Waals surface area contributed by atoms with Crippen molar-refractivity contribution in [3.63, 3.8) is 0 Å². The van der Waals surface area contributed by atoms with Gasteiger partial charge < -0.3 is 20.7 Å². The molecule has 0 aromatic heterocycles. The summed E-state index contributed by atoms with van der Waals surface area (Å²) < 4.78 is 4.61. The SMILES string of the molecule is Nc1c(O)cccc1C(=O)OC(=O)/C=C/c1ccc(O)cc1. The number of ether oxygens (including phenoxy) is 1. The second kappa shape index (κ2) is 6.45. The number of anilines is 1. The maximum absolute atomic E-state index is 11.8. The summed E-state index contributed by atoms with van der Waals surface area (Å²) in [6.45, 7) is 0. The van der Waals surface area contributed by atoms with Crippen LogP contribution in [-0.4, -0.2) is 22.2 Å². The van der Waals surface area contributed by atoms with Gasteiger partial charge in [0, 0.05) is 6.08 Å². The van der Waals surface area contributed by atoms with Crippen molar-refractivity contribution in [3.8, 4) is 11.5 Å². The molecule has 6 heteroatoms. The van der Waals surface area contributed by atoms with E-state index in [4.69, 9.17) is 10.8 Å². The van der Waals surface area contributed by atoms with E-state index in [1.165, 1.54) is 36.4 Å². The molecule has 2 aromatic rings. The minimum absolute atomic E-state index is 0.0913. The second-order valence-electron chi connectivity index (χ2n) is 4.37. The van der Waals surface area contributed by atoms with Crippen LogP contribution in [0.3, 0.4) is 0 Å². The van der Waals surface area contributed by atoms with Gasteiger partial charge in [0.1, 0.15) is 11.5 Å². The van der Waals surface area contributed by atoms with Crippen LogP contribution in [-0.2, 0) is 9.53 Å². The lowest BCUT2D eigenvalue weighted by Crippen LogP contribution is -2.12. The van der Waals surface area contributed by atoms with E-state index in [2.05, 4.69) is 4.74 Å². The van der Waals surface area contributed by atoms with Gasteiger partial charge in [0.2, 0.25) is 0 Å². The molecule has 0 aliphatic heterocycles. The molecule has 6 nitrogen and oxygen atoms in total. The summed E-state index contributed by atoms with van der Waals surface area (Å²) in [6, 6.07) is 10.2. The van der Waals surface area contributed by atoms with Crippen molar-refractivity contribution < 1.29 is 24.5 Å². The lowest BCUT2D eigenvalue weighted by atomic mass is 10.1. The third-order valence-electron chi connectivity index (χ3n) is 2.80. The van der Waals surface area contributed by atoms with Gasteiger partial charge >= 0.3 is 11.9 Å². The van der Waals surface area contributed by atoms with Gasteiger partial charge in [0.25, 0.3) is 0 Å². The molecular formula is C16H13NO5. The van der Waals surface area contributed by atoms with Gasteiger partial charge in [-0.3, -0.25) is 0 Å². The van der Waals surface area contributed by atoms with Gasteiger partial charge in [0.15, 0.2) is 0 Å². The standard InChI is InChI=1S/C16H13NO5/c17-15-12(2-1-3-13(15)19)16(21)22-14(20)9-6-10-4-7-11(18)8-5-10/h1-9,18-19H,17H2/b9-6+. The lowest BCUT2D eigenvalue weighted by molar-refractivity contribution is -0.132. The Hall–Kier alpha value is -3.28. The lowest BCUT2D eigenvalue weighted by Gasteiger charge is -2.05. The summed E-state index contributed by atoms with van der Waals surface area (Å²) >= 11 is 0. The Morgan fingerprint density at radius 1 is 1.05 bits per heavy atom. The third kappa shape index (κ3) is 3.63. The quantitative estimate of drug-likeness (QED) is 0.263. The van der Waals surface area contributed by atoms with Crippen molar-refractivity contribution >= 4 is 23.7 Å². The predicted octanol–water partition coefficient (Wildman–Crippen LogP) is 2.08. The number of esters is 2. The maximum atomic E-state index is 11.8. The summed E-state index contributed by atoms with van der Waals surface area (Å²) in [5, 5.41) is 18.5. The van der Waals surface area contributed by atoms with Crippen molar-refractivity contribution in [2.75, 3.05) is 5.73 Å². The fraction of sp³-hybridized carbons (Fsp3) is 0. The third-order valence-corrected chi connectivity index (χ3v) is 2.80. The van der Waals surface area contributed by atoms with Crippen molar-refractivity contribution in [3.05, 3.63) is 59.7 Å². The van der Waals surface area contributed by atoms with Crippen LogP contribution in [0.15, 0.2) is 48.5 Å². The number of phenolic OH excluding ortho intramolecular Hbond substituents is 2.